The zero-order valence-electron chi connectivity index (χ0n) is 64.8. The lowest BCUT2D eigenvalue weighted by Crippen LogP contribution is -2.13. The van der Waals surface area contributed by atoms with E-state index in [2.05, 4.69) is 30.4 Å². The van der Waals surface area contributed by atoms with E-state index in [9.17, 15) is 51.9 Å². The number of carboxylic acids is 1. The average molecular weight is 1650 g/mol. The number of halogens is 1. The summed E-state index contributed by atoms with van der Waals surface area (Å²) in [6.45, 7) is 18.4. The molecular weight excluding hydrogens is 1560 g/mol. The first-order chi connectivity index (χ1) is 56.4. The van der Waals surface area contributed by atoms with E-state index < -0.39 is 44.9 Å². The van der Waals surface area contributed by atoms with E-state index in [0.717, 1.165) is 63.6 Å². The van der Waals surface area contributed by atoms with Gasteiger partial charge in [0.15, 0.2) is 0 Å². The topological polar surface area (TPSA) is 350 Å². The van der Waals surface area contributed by atoms with Crippen molar-refractivity contribution in [1.82, 2.24) is 0 Å². The van der Waals surface area contributed by atoms with Crippen LogP contribution in [-0.4, -0.2) is 185 Å². The van der Waals surface area contributed by atoms with Crippen molar-refractivity contribution in [2.75, 3.05) is 119 Å². The van der Waals surface area contributed by atoms with Crippen LogP contribution in [0.15, 0.2) is 256 Å². The highest BCUT2D eigenvalue weighted by Gasteiger charge is 2.14. The van der Waals surface area contributed by atoms with Gasteiger partial charge in [0.25, 0.3) is 0 Å². The molecule has 0 unspecified atom stereocenters. The van der Waals surface area contributed by atoms with Gasteiger partial charge in [-0.1, -0.05) is 92.5 Å². The number of carboxylic acid groups (broad SMARTS) is 1. The van der Waals surface area contributed by atoms with Crippen LogP contribution in [0, 0.1) is 0 Å². The van der Waals surface area contributed by atoms with Gasteiger partial charge >= 0.3 is 47.8 Å². The van der Waals surface area contributed by atoms with Crippen LogP contribution in [-0.2, 0) is 66.1 Å². The summed E-state index contributed by atoms with van der Waals surface area (Å²) < 4.78 is 96.8. The van der Waals surface area contributed by atoms with Crippen LogP contribution >= 0.6 is 10.7 Å². The van der Waals surface area contributed by atoms with Crippen molar-refractivity contribution in [2.45, 2.75) is 13.8 Å². The molecule has 0 aliphatic rings. The third-order valence-electron chi connectivity index (χ3n) is 14.9. The maximum Gasteiger partial charge on any atom is 0.343 e. The number of hydrogen-bond acceptors (Lipinski definition) is 26. The number of phenols is 1. The van der Waals surface area contributed by atoms with Crippen LogP contribution in [0.2, 0.25) is 0 Å². The smallest absolute Gasteiger partial charge is 0.343 e. The van der Waals surface area contributed by atoms with Crippen LogP contribution in [0.4, 0.5) is 0 Å². The molecule has 9 rings (SSSR count). The molecule has 0 aliphatic heterocycles. The van der Waals surface area contributed by atoms with Crippen LogP contribution in [0.5, 0.6) is 40.2 Å². The normalized spacial score (nSPS) is 10.3. The van der Waals surface area contributed by atoms with E-state index in [-0.39, 0.29) is 56.3 Å². The Labute approximate surface area is 682 Å². The maximum atomic E-state index is 12.5. The van der Waals surface area contributed by atoms with Crippen molar-refractivity contribution >= 4 is 67.5 Å². The van der Waals surface area contributed by atoms with Crippen molar-refractivity contribution in [3.8, 4) is 73.6 Å². The standard InChI is InChI=1S/C31H32O9.C25H22O6.C16H20O7.C15H14O3.CH3ClO2S/c1-3-29(32)39-22-20-36-18-17-35-19-21-38-27-13-11-26(12-14-27)31(34)40-28-15-9-24(10-16-28)23-5-7-25(8-6-23)30(33)37-4-2;1-3-24(26)30-17-16-29-22-12-8-20(9-13-22)25(27)31-23-14-6-19(7-15-23)18-4-10-21(28-2)11-5-18;1-2-15(17)23-12-10-21-8-7-20-9-11-22-14-5-3-13(4-6-14)16(18)19;1-2-18-15(17)13-5-3-11(4-6-13)12-7-9-14(16)10-8-12;1-5(2,3)4/h3,5-16H,1,4,17-22H2,2H3;3-15H,1,16-17H2,2H3;2-6H,1,7-12H2,(H,18,19);3-10,16H,2H2,1H3;1H3. The molecule has 2 N–H and O–H groups in total. The number of methoxy groups -OCH3 is 1. The first kappa shape index (κ1) is 94.6. The molecule has 0 radical (unpaired) electrons. The number of aromatic carboxylic acids is 1. The molecule has 0 aliphatic carbocycles. The molecule has 0 bridgehead atoms. The molecule has 0 fully saturated rings. The third kappa shape index (κ3) is 39.1. The Hall–Kier alpha value is -13.0. The maximum absolute atomic E-state index is 12.5. The summed E-state index contributed by atoms with van der Waals surface area (Å²) in [6, 6.07) is 62.6. The second-order valence-corrected chi connectivity index (χ2v) is 26.4. The Morgan fingerprint density at radius 2 is 0.547 bits per heavy atom. The summed E-state index contributed by atoms with van der Waals surface area (Å²) in [7, 11) is 2.94. The number of hydrogen-bond donors (Lipinski definition) is 2. The summed E-state index contributed by atoms with van der Waals surface area (Å²) in [5.41, 5.74) is 7.88. The molecule has 9 aromatic carbocycles. The molecule has 0 aromatic heterocycles. The van der Waals surface area contributed by atoms with Gasteiger partial charge < -0.3 is 81.3 Å². The fraction of sp³-hybridized carbons (Fsp3) is 0.227. The second kappa shape index (κ2) is 53.9. The van der Waals surface area contributed by atoms with E-state index in [1.807, 2.05) is 84.9 Å². The van der Waals surface area contributed by atoms with Crippen LogP contribution in [0.25, 0.3) is 33.4 Å². The highest BCUT2D eigenvalue weighted by atomic mass is 35.7. The molecule has 0 atom stereocenters. The van der Waals surface area contributed by atoms with E-state index in [1.54, 1.807) is 142 Å². The van der Waals surface area contributed by atoms with Gasteiger partial charge in [-0.2, -0.15) is 0 Å². The highest BCUT2D eigenvalue weighted by Crippen LogP contribution is 2.28. The Morgan fingerprint density at radius 3 is 0.829 bits per heavy atom. The monoisotopic (exact) mass is 1650 g/mol. The number of rotatable bonds is 40. The number of carbonyl (C=O) groups is 8. The highest BCUT2D eigenvalue weighted by molar-refractivity contribution is 8.13. The molecule has 0 saturated heterocycles. The van der Waals surface area contributed by atoms with Gasteiger partial charge in [-0.25, -0.2) is 46.8 Å². The number of carbonyl (C=O) groups excluding carboxylic acids is 7. The SMILES string of the molecule is C=CC(=O)OCCOCCOCCOc1ccc(C(=O)O)cc1.C=CC(=O)OCCOCCOCCOc1ccc(C(=O)Oc2ccc(-c3ccc(C(=O)OCC)cc3)cc2)cc1.C=CC(=O)OCCOc1ccc(C(=O)Oc2ccc(-c3ccc(OC)cc3)cc2)cc1.CCOC(=O)c1ccc(-c2ccc(O)cc2)cc1.CS(=O)(=O)Cl. The van der Waals surface area contributed by atoms with Gasteiger partial charge in [-0.05, 0) is 193 Å². The van der Waals surface area contributed by atoms with Crippen molar-refractivity contribution in [3.63, 3.8) is 0 Å². The van der Waals surface area contributed by atoms with Gasteiger partial charge in [-0.3, -0.25) is 0 Å². The summed E-state index contributed by atoms with van der Waals surface area (Å²) in [5, 5.41) is 18.0. The first-order valence-electron chi connectivity index (χ1n) is 36.1. The quantitative estimate of drug-likeness (QED) is 0.00899. The van der Waals surface area contributed by atoms with Gasteiger partial charge in [0.05, 0.1) is 107 Å². The molecule has 0 amide bonds. The fourth-order valence-corrected chi connectivity index (χ4v) is 9.26. The molecule has 0 saturated carbocycles. The molecule has 618 valence electrons. The lowest BCUT2D eigenvalue weighted by atomic mass is 10.0. The third-order valence-corrected chi connectivity index (χ3v) is 14.9. The van der Waals surface area contributed by atoms with Crippen molar-refractivity contribution in [2.24, 2.45) is 0 Å². The molecule has 0 heterocycles. The second-order valence-electron chi connectivity index (χ2n) is 23.4. The average Bonchev–Trinajstić information content (AvgIpc) is 0.841. The minimum absolute atomic E-state index is 0.112. The zero-order valence-corrected chi connectivity index (χ0v) is 66.4. The molecular formula is C88H91ClO27S. The van der Waals surface area contributed by atoms with Crippen LogP contribution < -0.4 is 28.4 Å². The summed E-state index contributed by atoms with van der Waals surface area (Å²) in [5.74, 6) is -0.425. The summed E-state index contributed by atoms with van der Waals surface area (Å²) >= 11 is 0. The van der Waals surface area contributed by atoms with Crippen LogP contribution in [0.1, 0.15) is 65.6 Å². The van der Waals surface area contributed by atoms with Crippen molar-refractivity contribution < 1.29 is 128 Å². The Morgan fingerprint density at radius 1 is 0.325 bits per heavy atom. The molecule has 117 heavy (non-hydrogen) atoms. The van der Waals surface area contributed by atoms with Gasteiger partial charge in [0.2, 0.25) is 9.05 Å². The first-order valence-corrected chi connectivity index (χ1v) is 38.8. The summed E-state index contributed by atoms with van der Waals surface area (Å²) in [6.07, 6.45) is 4.21. The summed E-state index contributed by atoms with van der Waals surface area (Å²) in [4.78, 5) is 91.5. The predicted molar refractivity (Wildman–Crippen MR) is 436 cm³/mol. The van der Waals surface area contributed by atoms with Gasteiger partial charge in [-0.15, -0.1) is 0 Å². The van der Waals surface area contributed by atoms with E-state index >= 15 is 0 Å². The van der Waals surface area contributed by atoms with E-state index in [1.165, 1.54) is 12.1 Å². The number of esters is 7. The lowest BCUT2D eigenvalue weighted by molar-refractivity contribution is -0.140. The van der Waals surface area contributed by atoms with E-state index in [4.69, 9.17) is 76.2 Å². The zero-order chi connectivity index (χ0) is 85.0. The minimum atomic E-state index is -3.19. The van der Waals surface area contributed by atoms with Crippen molar-refractivity contribution in [3.05, 3.63) is 284 Å². The Kier molecular flexibility index (Phi) is 43.6. The number of benzene rings is 9. The van der Waals surface area contributed by atoms with E-state index in [0.29, 0.717) is 124 Å². The number of ether oxygens (including phenoxy) is 15. The Balaban J connectivity index is 0.000000283. The molecule has 9 aromatic rings. The fourth-order valence-electron chi connectivity index (χ4n) is 9.26. The molecule has 29 heteroatoms. The van der Waals surface area contributed by atoms with Crippen LogP contribution in [0.3, 0.4) is 0 Å². The molecule has 0 spiro atoms. The minimum Gasteiger partial charge on any atom is -0.508 e. The Bertz CT molecular complexity index is 4650. The van der Waals surface area contributed by atoms with Gasteiger partial charge in [0, 0.05) is 28.9 Å². The predicted octanol–water partition coefficient (Wildman–Crippen LogP) is 14.5. The largest absolute Gasteiger partial charge is 0.508 e. The molecule has 27 nitrogen and oxygen atoms in total. The number of phenolic OH excluding ortho intramolecular Hbond substituents is 1. The van der Waals surface area contributed by atoms with Crippen molar-refractivity contribution in [1.29, 1.82) is 0 Å². The number of aromatic hydroxyl groups is 1. The lowest BCUT2D eigenvalue weighted by Gasteiger charge is -2.09. The van der Waals surface area contributed by atoms with Gasteiger partial charge in [0.1, 0.15) is 79.9 Å².